The van der Waals surface area contributed by atoms with E-state index in [1.165, 1.54) is 7.11 Å². The summed E-state index contributed by atoms with van der Waals surface area (Å²) in [5.41, 5.74) is 0. The van der Waals surface area contributed by atoms with Gasteiger partial charge in [0, 0.05) is 7.11 Å². The van der Waals surface area contributed by atoms with Gasteiger partial charge >= 0.3 is 0 Å². The zero-order valence-corrected chi connectivity index (χ0v) is 8.70. The van der Waals surface area contributed by atoms with Crippen molar-refractivity contribution in [3.8, 4) is 0 Å². The van der Waals surface area contributed by atoms with Gasteiger partial charge in [0.2, 0.25) is 0 Å². The molecule has 0 aromatic carbocycles. The first kappa shape index (κ1) is 11.3. The van der Waals surface area contributed by atoms with Crippen LogP contribution in [0, 0.1) is 0 Å². The van der Waals surface area contributed by atoms with Crippen LogP contribution in [0.3, 0.4) is 0 Å². The van der Waals surface area contributed by atoms with E-state index in [0.717, 1.165) is 0 Å². The van der Waals surface area contributed by atoms with Crippen LogP contribution < -0.4 is 0 Å². The first-order chi connectivity index (χ1) is 7.13. The van der Waals surface area contributed by atoms with Crippen molar-refractivity contribution in [2.45, 2.75) is 43.9 Å². The molecule has 2 saturated heterocycles. The van der Waals surface area contributed by atoms with Crippen molar-refractivity contribution in [1.29, 1.82) is 0 Å². The molecule has 88 valence electrons. The smallest absolute Gasteiger partial charge is 0.186 e. The molecule has 2 N–H and O–H groups in total. The quantitative estimate of drug-likeness (QED) is 0.580. The Kier molecular flexibility index (Phi) is 3.24. The summed E-state index contributed by atoms with van der Waals surface area (Å²) in [6, 6.07) is 0. The highest BCUT2D eigenvalue weighted by Gasteiger charge is 2.48. The van der Waals surface area contributed by atoms with Crippen LogP contribution in [0.2, 0.25) is 0 Å². The van der Waals surface area contributed by atoms with Crippen molar-refractivity contribution in [1.82, 2.24) is 0 Å². The van der Waals surface area contributed by atoms with E-state index in [0.29, 0.717) is 6.61 Å². The van der Waals surface area contributed by atoms with Crippen LogP contribution in [-0.4, -0.2) is 60.9 Å². The van der Waals surface area contributed by atoms with Crippen molar-refractivity contribution in [3.63, 3.8) is 0 Å². The largest absolute Gasteiger partial charge is 0.387 e. The molecule has 15 heavy (non-hydrogen) atoms. The van der Waals surface area contributed by atoms with E-state index >= 15 is 0 Å². The van der Waals surface area contributed by atoms with Gasteiger partial charge < -0.3 is 29.2 Å². The lowest BCUT2D eigenvalue weighted by Gasteiger charge is -2.45. The molecular weight excluding hydrogens is 204 g/mol. The molecule has 0 radical (unpaired) electrons. The summed E-state index contributed by atoms with van der Waals surface area (Å²) in [6.07, 6.45) is -4.29. The molecule has 2 fully saturated rings. The minimum Gasteiger partial charge on any atom is -0.387 e. The van der Waals surface area contributed by atoms with E-state index < -0.39 is 37.0 Å². The molecule has 0 aromatic heterocycles. The zero-order chi connectivity index (χ0) is 11.0. The number of aliphatic hydroxyl groups excluding tert-OH is 2. The summed E-state index contributed by atoms with van der Waals surface area (Å²) in [6.45, 7) is 2.06. The van der Waals surface area contributed by atoms with Gasteiger partial charge in [0.15, 0.2) is 12.6 Å². The topological polar surface area (TPSA) is 77.4 Å². The SMILES string of the molecule is CO[C@@H]1O[C@@H]2CO[C@@H](C)O[C@@H]2[C@H](O)[C@H]1O. The predicted octanol–water partition coefficient (Wildman–Crippen LogP) is -1.16. The Morgan fingerprint density at radius 2 is 1.93 bits per heavy atom. The summed E-state index contributed by atoms with van der Waals surface area (Å²) in [5.74, 6) is 0. The van der Waals surface area contributed by atoms with Crippen molar-refractivity contribution >= 4 is 0 Å². The highest BCUT2D eigenvalue weighted by Crippen LogP contribution is 2.28. The maximum Gasteiger partial charge on any atom is 0.186 e. The normalized spacial score (nSPS) is 51.2. The second kappa shape index (κ2) is 4.32. The standard InChI is InChI=1S/C9H16O6/c1-4-13-3-5-8(14-4)6(10)7(11)9(12-2)15-5/h4-11H,3H2,1-2H3/t4-,5-,6-,7-,8+,9-/m1/s1. The summed E-state index contributed by atoms with van der Waals surface area (Å²) in [4.78, 5) is 0. The third-order valence-corrected chi connectivity index (χ3v) is 2.72. The van der Waals surface area contributed by atoms with E-state index in [4.69, 9.17) is 18.9 Å². The fourth-order valence-electron chi connectivity index (χ4n) is 1.89. The Morgan fingerprint density at radius 1 is 1.20 bits per heavy atom. The third-order valence-electron chi connectivity index (χ3n) is 2.72. The monoisotopic (exact) mass is 220 g/mol. The van der Waals surface area contributed by atoms with Gasteiger partial charge in [-0.3, -0.25) is 0 Å². The Bertz CT molecular complexity index is 221. The molecule has 2 aliphatic heterocycles. The van der Waals surface area contributed by atoms with E-state index in [9.17, 15) is 10.2 Å². The van der Waals surface area contributed by atoms with Gasteiger partial charge in [-0.2, -0.15) is 0 Å². The Morgan fingerprint density at radius 3 is 2.60 bits per heavy atom. The zero-order valence-electron chi connectivity index (χ0n) is 8.70. The lowest BCUT2D eigenvalue weighted by Crippen LogP contribution is -2.62. The fourth-order valence-corrected chi connectivity index (χ4v) is 1.89. The van der Waals surface area contributed by atoms with Crippen molar-refractivity contribution in [2.75, 3.05) is 13.7 Å². The molecule has 6 heteroatoms. The number of hydrogen-bond donors (Lipinski definition) is 2. The van der Waals surface area contributed by atoms with Crippen molar-refractivity contribution in [2.24, 2.45) is 0 Å². The van der Waals surface area contributed by atoms with Crippen LogP contribution in [0.25, 0.3) is 0 Å². The van der Waals surface area contributed by atoms with Crippen LogP contribution in [0.15, 0.2) is 0 Å². The summed E-state index contributed by atoms with van der Waals surface area (Å²) < 4.78 is 20.9. The Hall–Kier alpha value is -0.240. The molecule has 2 aliphatic rings. The number of methoxy groups -OCH3 is 1. The van der Waals surface area contributed by atoms with Crippen molar-refractivity contribution in [3.05, 3.63) is 0 Å². The van der Waals surface area contributed by atoms with Gasteiger partial charge in [0.1, 0.15) is 24.4 Å². The first-order valence-electron chi connectivity index (χ1n) is 4.95. The van der Waals surface area contributed by atoms with Gasteiger partial charge in [0.25, 0.3) is 0 Å². The lowest BCUT2D eigenvalue weighted by molar-refractivity contribution is -0.352. The predicted molar refractivity (Wildman–Crippen MR) is 48.0 cm³/mol. The van der Waals surface area contributed by atoms with Gasteiger partial charge in [-0.1, -0.05) is 0 Å². The minimum absolute atomic E-state index is 0.329. The van der Waals surface area contributed by atoms with Crippen molar-refractivity contribution < 1.29 is 29.2 Å². The molecule has 2 rings (SSSR count). The fraction of sp³-hybridized carbons (Fsp3) is 1.00. The highest BCUT2D eigenvalue weighted by atomic mass is 16.7. The Labute approximate surface area is 87.7 Å². The average molecular weight is 220 g/mol. The van der Waals surface area contributed by atoms with E-state index in [1.54, 1.807) is 6.92 Å². The number of rotatable bonds is 1. The molecule has 0 amide bonds. The average Bonchev–Trinajstić information content (AvgIpc) is 2.24. The number of aliphatic hydroxyl groups is 2. The number of hydrogen-bond acceptors (Lipinski definition) is 6. The van der Waals surface area contributed by atoms with E-state index in [1.807, 2.05) is 0 Å². The van der Waals surface area contributed by atoms with Crippen LogP contribution in [0.4, 0.5) is 0 Å². The number of fused-ring (bicyclic) bond motifs is 1. The molecule has 0 unspecified atom stereocenters. The minimum atomic E-state index is -1.10. The third kappa shape index (κ3) is 2.01. The van der Waals surface area contributed by atoms with E-state index in [-0.39, 0.29) is 0 Å². The molecule has 0 aromatic rings. The molecule has 2 heterocycles. The molecular formula is C9H16O6. The van der Waals surface area contributed by atoms with E-state index in [2.05, 4.69) is 0 Å². The summed E-state index contributed by atoms with van der Waals surface area (Å²) >= 11 is 0. The van der Waals surface area contributed by atoms with Crippen LogP contribution >= 0.6 is 0 Å². The summed E-state index contributed by atoms with van der Waals surface area (Å²) in [5, 5.41) is 19.4. The molecule has 0 bridgehead atoms. The highest BCUT2D eigenvalue weighted by molar-refractivity contribution is 4.91. The molecule has 0 saturated carbocycles. The van der Waals surface area contributed by atoms with Crippen LogP contribution in [0.5, 0.6) is 0 Å². The lowest BCUT2D eigenvalue weighted by atomic mass is 9.98. The molecule has 0 spiro atoms. The van der Waals surface area contributed by atoms with Crippen LogP contribution in [0.1, 0.15) is 6.92 Å². The Balaban J connectivity index is 2.07. The maximum atomic E-state index is 9.80. The molecule has 6 atom stereocenters. The summed E-state index contributed by atoms with van der Waals surface area (Å²) in [7, 11) is 1.41. The molecule has 6 nitrogen and oxygen atoms in total. The maximum absolute atomic E-state index is 9.80. The first-order valence-corrected chi connectivity index (χ1v) is 4.95. The van der Waals surface area contributed by atoms with Gasteiger partial charge in [-0.25, -0.2) is 0 Å². The van der Waals surface area contributed by atoms with Gasteiger partial charge in [-0.15, -0.1) is 0 Å². The molecule has 0 aliphatic carbocycles. The van der Waals surface area contributed by atoms with Crippen LogP contribution in [-0.2, 0) is 18.9 Å². The second-order valence-electron chi connectivity index (χ2n) is 3.76. The second-order valence-corrected chi connectivity index (χ2v) is 3.76. The van der Waals surface area contributed by atoms with Gasteiger partial charge in [-0.05, 0) is 6.92 Å². The van der Waals surface area contributed by atoms with Gasteiger partial charge in [0.05, 0.1) is 6.61 Å². The number of ether oxygens (including phenoxy) is 4.